The molecule has 31 heavy (non-hydrogen) atoms. The molecule has 3 rings (SSSR count). The summed E-state index contributed by atoms with van der Waals surface area (Å²) in [6.07, 6.45) is 0. The highest BCUT2D eigenvalue weighted by Crippen LogP contribution is 2.37. The summed E-state index contributed by atoms with van der Waals surface area (Å²) in [4.78, 5) is 11.1. The van der Waals surface area contributed by atoms with Gasteiger partial charge in [-0.25, -0.2) is 17.6 Å². The van der Waals surface area contributed by atoms with Crippen LogP contribution in [-0.2, 0) is 19.6 Å². The minimum absolute atomic E-state index is 0.0937. The van der Waals surface area contributed by atoms with Gasteiger partial charge in [-0.1, -0.05) is 48.0 Å². The van der Waals surface area contributed by atoms with Crippen LogP contribution in [0.5, 0.6) is 5.75 Å². The van der Waals surface area contributed by atoms with Gasteiger partial charge in [0.2, 0.25) is 0 Å². The molecule has 10 heteroatoms. The van der Waals surface area contributed by atoms with E-state index in [0.29, 0.717) is 5.56 Å². The molecule has 3 aromatic rings. The topological polar surface area (TPSA) is 81.7 Å². The molecule has 0 fully saturated rings. The molecule has 0 heterocycles. The van der Waals surface area contributed by atoms with Crippen molar-refractivity contribution in [1.29, 1.82) is 0 Å². The number of anilines is 1. The molecule has 0 aliphatic heterocycles. The largest absolute Gasteiger partial charge is 0.479 e. The van der Waals surface area contributed by atoms with Gasteiger partial charge in [0.25, 0.3) is 10.0 Å². The lowest BCUT2D eigenvalue weighted by Gasteiger charge is -2.16. The lowest BCUT2D eigenvalue weighted by atomic mass is 10.1. The molecule has 1 N–H and O–H groups in total. The van der Waals surface area contributed by atoms with Gasteiger partial charge >= 0.3 is 5.97 Å². The normalized spacial score (nSPS) is 11.1. The highest BCUT2D eigenvalue weighted by Gasteiger charge is 2.25. The van der Waals surface area contributed by atoms with E-state index in [0.717, 1.165) is 11.6 Å². The monoisotopic (exact) mass is 527 g/mol. The minimum Gasteiger partial charge on any atom is -0.479 e. The van der Waals surface area contributed by atoms with E-state index >= 15 is 0 Å². The van der Waals surface area contributed by atoms with Gasteiger partial charge in [0, 0.05) is 5.02 Å². The van der Waals surface area contributed by atoms with Crippen LogP contribution >= 0.6 is 27.5 Å². The third-order valence-electron chi connectivity index (χ3n) is 4.14. The number of hydrogen-bond donors (Lipinski definition) is 1. The maximum atomic E-state index is 14.4. The zero-order chi connectivity index (χ0) is 22.6. The Balaban J connectivity index is 2.00. The van der Waals surface area contributed by atoms with Crippen LogP contribution in [0, 0.1) is 5.82 Å². The molecule has 0 saturated heterocycles. The van der Waals surface area contributed by atoms with Gasteiger partial charge in [-0.15, -0.1) is 0 Å². The zero-order valence-corrected chi connectivity index (χ0v) is 19.2. The number of esters is 1. The van der Waals surface area contributed by atoms with Gasteiger partial charge in [-0.05, 0) is 51.3 Å². The van der Waals surface area contributed by atoms with Crippen LogP contribution in [0.4, 0.5) is 10.1 Å². The molecule has 162 valence electrons. The number of carbonyl (C=O) groups excluding carboxylic acids is 1. The van der Waals surface area contributed by atoms with Crippen LogP contribution in [-0.4, -0.2) is 28.1 Å². The highest BCUT2D eigenvalue weighted by molar-refractivity contribution is 9.10. The number of sulfonamides is 1. The fourth-order valence-corrected chi connectivity index (χ4v) is 5.05. The van der Waals surface area contributed by atoms with E-state index in [9.17, 15) is 17.6 Å². The number of benzene rings is 3. The average molecular weight is 529 g/mol. The Labute approximate surface area is 192 Å². The summed E-state index contributed by atoms with van der Waals surface area (Å²) < 4.78 is 52.9. The van der Waals surface area contributed by atoms with Crippen molar-refractivity contribution < 1.29 is 27.1 Å². The average Bonchev–Trinajstić information content (AvgIpc) is 2.74. The predicted molar refractivity (Wildman–Crippen MR) is 119 cm³/mol. The van der Waals surface area contributed by atoms with E-state index < -0.39 is 28.4 Å². The van der Waals surface area contributed by atoms with E-state index in [4.69, 9.17) is 16.3 Å². The van der Waals surface area contributed by atoms with E-state index in [1.165, 1.54) is 25.3 Å². The quantitative estimate of drug-likeness (QED) is 0.423. The van der Waals surface area contributed by atoms with Crippen LogP contribution in [0.15, 0.2) is 70.0 Å². The van der Waals surface area contributed by atoms with Gasteiger partial charge in [-0.3, -0.25) is 4.72 Å². The summed E-state index contributed by atoms with van der Waals surface area (Å²) >= 11 is 9.19. The molecule has 0 aliphatic carbocycles. The summed E-state index contributed by atoms with van der Waals surface area (Å²) in [5, 5.41) is 0.0937. The van der Waals surface area contributed by atoms with Crippen molar-refractivity contribution in [2.75, 3.05) is 18.4 Å². The number of nitrogens with one attached hydrogen (secondary N) is 1. The molecule has 0 amide bonds. The van der Waals surface area contributed by atoms with Crippen LogP contribution in [0.3, 0.4) is 0 Å². The number of ether oxygens (including phenoxy) is 2. The number of hydrogen-bond acceptors (Lipinski definition) is 5. The van der Waals surface area contributed by atoms with E-state index in [-0.39, 0.29) is 25.8 Å². The molecule has 0 spiro atoms. The van der Waals surface area contributed by atoms with Crippen molar-refractivity contribution in [1.82, 2.24) is 0 Å². The fourth-order valence-electron chi connectivity index (χ4n) is 2.68. The smallest absolute Gasteiger partial charge is 0.343 e. The predicted octanol–water partition coefficient (Wildman–Crippen LogP) is 5.26. The van der Waals surface area contributed by atoms with Gasteiger partial charge < -0.3 is 9.47 Å². The van der Waals surface area contributed by atoms with Crippen molar-refractivity contribution in [2.24, 2.45) is 0 Å². The maximum absolute atomic E-state index is 14.4. The molecule has 0 saturated carbocycles. The zero-order valence-electron chi connectivity index (χ0n) is 16.1. The molecular weight excluding hydrogens is 513 g/mol. The van der Waals surface area contributed by atoms with Gasteiger partial charge in [0.1, 0.15) is 10.7 Å². The highest BCUT2D eigenvalue weighted by atomic mass is 79.9. The second kappa shape index (κ2) is 9.67. The first kappa shape index (κ1) is 23.1. The lowest BCUT2D eigenvalue weighted by molar-refractivity contribution is -0.143. The van der Waals surface area contributed by atoms with Crippen LogP contribution < -0.4 is 9.46 Å². The standard InChI is InChI=1S/C21H16BrClFNO5S/c1-29-20(26)12-30-21-16(22)10-15(23)11-19(21)31(27,28)25-18-9-14(7-8-17(18)24)13-5-3-2-4-6-13/h2-11,25H,12H2,1H3. The molecule has 0 aromatic heterocycles. The minimum atomic E-state index is -4.35. The van der Waals surface area contributed by atoms with Crippen molar-refractivity contribution in [3.8, 4) is 16.9 Å². The summed E-state index contributed by atoms with van der Waals surface area (Å²) in [6, 6.07) is 15.8. The van der Waals surface area contributed by atoms with Gasteiger partial charge in [-0.2, -0.15) is 0 Å². The Morgan fingerprint density at radius 3 is 2.48 bits per heavy atom. The first-order valence-corrected chi connectivity index (χ1v) is 11.4. The molecule has 0 aliphatic rings. The lowest BCUT2D eigenvalue weighted by Crippen LogP contribution is -2.18. The second-order valence-electron chi connectivity index (χ2n) is 6.25. The van der Waals surface area contributed by atoms with Crippen molar-refractivity contribution in [3.05, 3.63) is 76.0 Å². The number of carbonyl (C=O) groups is 1. The van der Waals surface area contributed by atoms with E-state index in [1.807, 2.05) is 30.3 Å². The molecular formula is C21H16BrClFNO5S. The number of methoxy groups -OCH3 is 1. The summed E-state index contributed by atoms with van der Waals surface area (Å²) in [5.74, 6) is -1.64. The number of rotatable bonds is 7. The Hall–Kier alpha value is -2.62. The van der Waals surface area contributed by atoms with Gasteiger partial charge in [0.15, 0.2) is 12.4 Å². The second-order valence-corrected chi connectivity index (χ2v) is 9.19. The van der Waals surface area contributed by atoms with Crippen LogP contribution in [0.25, 0.3) is 11.1 Å². The SMILES string of the molecule is COC(=O)COc1c(Br)cc(Cl)cc1S(=O)(=O)Nc1cc(-c2ccccc2)ccc1F. The molecule has 0 atom stereocenters. The Kier molecular flexibility index (Phi) is 7.19. The Morgan fingerprint density at radius 2 is 1.81 bits per heavy atom. The third kappa shape index (κ3) is 5.55. The third-order valence-corrected chi connectivity index (χ3v) is 6.32. The van der Waals surface area contributed by atoms with Gasteiger partial charge in [0.05, 0.1) is 17.3 Å². The Bertz CT molecular complexity index is 1220. The first-order valence-electron chi connectivity index (χ1n) is 8.77. The molecule has 6 nitrogen and oxygen atoms in total. The van der Waals surface area contributed by atoms with E-state index in [1.54, 1.807) is 6.07 Å². The summed E-state index contributed by atoms with van der Waals surface area (Å²) in [5.41, 5.74) is 1.15. The van der Waals surface area contributed by atoms with Crippen molar-refractivity contribution in [3.63, 3.8) is 0 Å². The van der Waals surface area contributed by atoms with E-state index in [2.05, 4.69) is 25.4 Å². The van der Waals surface area contributed by atoms with Crippen LogP contribution in [0.2, 0.25) is 5.02 Å². The molecule has 3 aromatic carbocycles. The number of halogens is 3. The molecule has 0 unspecified atom stereocenters. The fraction of sp³-hybridized carbons (Fsp3) is 0.0952. The molecule has 0 bridgehead atoms. The molecule has 0 radical (unpaired) electrons. The summed E-state index contributed by atoms with van der Waals surface area (Å²) in [7, 11) is -3.18. The first-order chi connectivity index (χ1) is 14.7. The summed E-state index contributed by atoms with van der Waals surface area (Å²) in [6.45, 7) is -0.531. The van der Waals surface area contributed by atoms with Crippen molar-refractivity contribution in [2.45, 2.75) is 4.90 Å². The Morgan fingerprint density at radius 1 is 1.10 bits per heavy atom. The van der Waals surface area contributed by atoms with Crippen LogP contribution in [0.1, 0.15) is 0 Å². The maximum Gasteiger partial charge on any atom is 0.343 e. The van der Waals surface area contributed by atoms with Crippen molar-refractivity contribution >= 4 is 49.2 Å².